The molecule has 0 spiro atoms. The number of nitrogens with two attached hydrogens (primary N) is 1. The second kappa shape index (κ2) is 3.54. The molecule has 0 fully saturated rings. The second-order valence-corrected chi connectivity index (χ2v) is 2.34. The van der Waals surface area contributed by atoms with Gasteiger partial charge in [-0.1, -0.05) is 0 Å². The van der Waals surface area contributed by atoms with E-state index in [9.17, 15) is 4.79 Å². The van der Waals surface area contributed by atoms with Gasteiger partial charge in [0.25, 0.3) is 0 Å². The predicted molar refractivity (Wildman–Crippen MR) is 46.3 cm³/mol. The molecule has 0 bridgehead atoms. The summed E-state index contributed by atoms with van der Waals surface area (Å²) in [6, 6.07) is 1.77. The Morgan fingerprint density at radius 3 is 3.00 bits per heavy atom. The number of aromatic nitrogens is 1. The van der Waals surface area contributed by atoms with Crippen LogP contribution in [0.3, 0.4) is 0 Å². The molecule has 1 heterocycles. The van der Waals surface area contributed by atoms with Crippen LogP contribution < -0.4 is 5.73 Å². The fourth-order valence-electron chi connectivity index (χ4n) is 0.794. The predicted octanol–water partition coefficient (Wildman–Crippen LogP) is 0.523. The lowest BCUT2D eigenvalue weighted by Gasteiger charge is -1.96. The van der Waals surface area contributed by atoms with E-state index in [0.29, 0.717) is 17.7 Å². The molecule has 0 aliphatic carbocycles. The highest BCUT2D eigenvalue weighted by atomic mass is 16.1. The minimum Gasteiger partial charge on any atom is -0.396 e. The molecule has 2 N–H and O–H groups in total. The second-order valence-electron chi connectivity index (χ2n) is 2.34. The molecule has 0 saturated heterocycles. The molecule has 60 valence electrons. The van der Waals surface area contributed by atoms with Gasteiger partial charge in [0.05, 0.1) is 5.69 Å². The minimum atomic E-state index is 0.452. The number of anilines is 1. The maximum Gasteiger partial charge on any atom is 0.193 e. The van der Waals surface area contributed by atoms with E-state index in [0.717, 1.165) is 5.56 Å². The van der Waals surface area contributed by atoms with E-state index in [-0.39, 0.29) is 0 Å². The van der Waals surface area contributed by atoms with Gasteiger partial charge in [0.1, 0.15) is 5.69 Å². The van der Waals surface area contributed by atoms with E-state index in [4.69, 9.17) is 5.73 Å². The normalized spacial score (nSPS) is 8.42. The number of pyridine rings is 1. The summed E-state index contributed by atoms with van der Waals surface area (Å²) in [7, 11) is 0. The van der Waals surface area contributed by atoms with Crippen molar-refractivity contribution in [2.45, 2.75) is 6.92 Å². The third-order valence-corrected chi connectivity index (χ3v) is 1.30. The summed E-state index contributed by atoms with van der Waals surface area (Å²) < 4.78 is 0. The Hall–Kier alpha value is -1.82. The first-order valence-electron chi connectivity index (χ1n) is 3.41. The van der Waals surface area contributed by atoms with Crippen LogP contribution >= 0.6 is 0 Å². The zero-order valence-corrected chi connectivity index (χ0v) is 6.66. The van der Waals surface area contributed by atoms with Gasteiger partial charge in [0, 0.05) is 6.20 Å². The van der Waals surface area contributed by atoms with E-state index in [1.54, 1.807) is 12.3 Å². The maximum atomic E-state index is 9.91. The molecule has 0 atom stereocenters. The van der Waals surface area contributed by atoms with Gasteiger partial charge in [0.15, 0.2) is 6.29 Å². The number of aryl methyl sites for hydroxylation is 1. The first-order valence-corrected chi connectivity index (χ1v) is 3.41. The first-order chi connectivity index (χ1) is 5.74. The summed E-state index contributed by atoms with van der Waals surface area (Å²) in [5, 5.41) is 0. The van der Waals surface area contributed by atoms with Crippen LogP contribution in [0.1, 0.15) is 11.3 Å². The lowest BCUT2D eigenvalue weighted by atomic mass is 10.2. The molecule has 0 aromatic carbocycles. The fraction of sp³-hybridized carbons (Fsp3) is 0.111. The number of hydrogen-bond acceptors (Lipinski definition) is 3. The number of aldehydes is 1. The number of nitrogen functional groups attached to an aromatic ring is 1. The molecule has 3 nitrogen and oxygen atoms in total. The molecule has 12 heavy (non-hydrogen) atoms. The summed E-state index contributed by atoms with van der Waals surface area (Å²) in [5.41, 5.74) is 7.51. The average Bonchev–Trinajstić information content (AvgIpc) is 2.03. The van der Waals surface area contributed by atoms with Gasteiger partial charge in [-0.3, -0.25) is 4.79 Å². The summed E-state index contributed by atoms with van der Waals surface area (Å²) >= 11 is 0. The molecule has 0 amide bonds. The molecule has 0 radical (unpaired) electrons. The van der Waals surface area contributed by atoms with Gasteiger partial charge in [-0.25, -0.2) is 4.98 Å². The van der Waals surface area contributed by atoms with Crippen LogP contribution in [-0.2, 0) is 4.79 Å². The zero-order valence-electron chi connectivity index (χ0n) is 6.66. The molecule has 0 saturated carbocycles. The number of carbonyl (C=O) groups is 1. The van der Waals surface area contributed by atoms with Crippen molar-refractivity contribution in [3.63, 3.8) is 0 Å². The third-order valence-electron chi connectivity index (χ3n) is 1.30. The molecule has 1 aromatic rings. The molecular formula is C9H8N2O. The molecule has 3 heteroatoms. The van der Waals surface area contributed by atoms with Gasteiger partial charge in [-0.2, -0.15) is 0 Å². The van der Waals surface area contributed by atoms with Crippen molar-refractivity contribution < 1.29 is 4.79 Å². The Balaban J connectivity index is 3.09. The van der Waals surface area contributed by atoms with Crippen LogP contribution in [-0.4, -0.2) is 11.3 Å². The standard InChI is InChI=1S/C9H8N2O/c1-7-5-8(10)9(11-6-7)3-2-4-12/h4-6H,10H2,1H3. The summed E-state index contributed by atoms with van der Waals surface area (Å²) in [6.45, 7) is 1.89. The first kappa shape index (κ1) is 8.28. The summed E-state index contributed by atoms with van der Waals surface area (Å²) in [5.74, 6) is 4.79. The monoisotopic (exact) mass is 160 g/mol. The van der Waals surface area contributed by atoms with E-state index in [2.05, 4.69) is 16.8 Å². The Labute approximate surface area is 70.6 Å². The van der Waals surface area contributed by atoms with Crippen molar-refractivity contribution in [3.8, 4) is 11.8 Å². The number of carbonyl (C=O) groups excluding carboxylic acids is 1. The van der Waals surface area contributed by atoms with Crippen LogP contribution in [0.2, 0.25) is 0 Å². The van der Waals surface area contributed by atoms with Crippen LogP contribution in [0.4, 0.5) is 5.69 Å². The topological polar surface area (TPSA) is 56.0 Å². The summed E-state index contributed by atoms with van der Waals surface area (Å²) in [4.78, 5) is 13.9. The number of hydrogen-bond donors (Lipinski definition) is 1. The third kappa shape index (κ3) is 1.83. The van der Waals surface area contributed by atoms with Gasteiger partial charge in [-0.05, 0) is 30.4 Å². The molecular weight excluding hydrogens is 152 g/mol. The van der Waals surface area contributed by atoms with E-state index >= 15 is 0 Å². The Kier molecular flexibility index (Phi) is 2.44. The lowest BCUT2D eigenvalue weighted by molar-refractivity contribution is -0.103. The van der Waals surface area contributed by atoms with E-state index in [1.807, 2.05) is 6.92 Å². The summed E-state index contributed by atoms with van der Waals surface area (Å²) in [6.07, 6.45) is 2.17. The quantitative estimate of drug-likeness (QED) is 0.444. The van der Waals surface area contributed by atoms with Gasteiger partial charge >= 0.3 is 0 Å². The lowest BCUT2D eigenvalue weighted by Crippen LogP contribution is -1.94. The molecule has 1 rings (SSSR count). The van der Waals surface area contributed by atoms with E-state index < -0.39 is 0 Å². The van der Waals surface area contributed by atoms with Gasteiger partial charge in [0.2, 0.25) is 0 Å². The van der Waals surface area contributed by atoms with Crippen molar-refractivity contribution >= 4 is 12.0 Å². The minimum absolute atomic E-state index is 0.452. The van der Waals surface area contributed by atoms with Crippen molar-refractivity contribution in [3.05, 3.63) is 23.5 Å². The Bertz CT molecular complexity index is 361. The van der Waals surface area contributed by atoms with Crippen molar-refractivity contribution in [2.24, 2.45) is 0 Å². The number of rotatable bonds is 0. The van der Waals surface area contributed by atoms with Gasteiger partial charge in [-0.15, -0.1) is 0 Å². The largest absolute Gasteiger partial charge is 0.396 e. The molecule has 0 aliphatic rings. The SMILES string of the molecule is Cc1cnc(C#CC=O)c(N)c1. The van der Waals surface area contributed by atoms with Crippen LogP contribution in [0.5, 0.6) is 0 Å². The van der Waals surface area contributed by atoms with E-state index in [1.165, 1.54) is 0 Å². The van der Waals surface area contributed by atoms with Crippen molar-refractivity contribution in [1.82, 2.24) is 4.98 Å². The highest BCUT2D eigenvalue weighted by Crippen LogP contribution is 2.08. The highest BCUT2D eigenvalue weighted by Gasteiger charge is 1.95. The van der Waals surface area contributed by atoms with Crippen molar-refractivity contribution in [2.75, 3.05) is 5.73 Å². The van der Waals surface area contributed by atoms with Crippen LogP contribution in [0.15, 0.2) is 12.3 Å². The highest BCUT2D eigenvalue weighted by molar-refractivity contribution is 5.74. The molecule has 0 unspecified atom stereocenters. The maximum absolute atomic E-state index is 9.91. The molecule has 0 aliphatic heterocycles. The van der Waals surface area contributed by atoms with Crippen LogP contribution in [0.25, 0.3) is 0 Å². The fourth-order valence-corrected chi connectivity index (χ4v) is 0.794. The smallest absolute Gasteiger partial charge is 0.193 e. The molecule has 1 aromatic heterocycles. The number of nitrogens with zero attached hydrogens (tertiary/aromatic N) is 1. The zero-order chi connectivity index (χ0) is 8.97. The van der Waals surface area contributed by atoms with Crippen molar-refractivity contribution in [1.29, 1.82) is 0 Å². The van der Waals surface area contributed by atoms with Crippen LogP contribution in [0, 0.1) is 18.8 Å². The average molecular weight is 160 g/mol. The Morgan fingerprint density at radius 2 is 2.42 bits per heavy atom. The van der Waals surface area contributed by atoms with Gasteiger partial charge < -0.3 is 5.73 Å². The Morgan fingerprint density at radius 1 is 1.67 bits per heavy atom.